The quantitative estimate of drug-likeness (QED) is 0.638. The van der Waals surface area contributed by atoms with E-state index in [2.05, 4.69) is 23.7 Å². The van der Waals surface area contributed by atoms with Gasteiger partial charge in [0.05, 0.1) is 12.0 Å². The maximum atomic E-state index is 9.95. The van der Waals surface area contributed by atoms with Crippen LogP contribution in [0.5, 0.6) is 11.5 Å². The molecule has 3 rings (SSSR count). The van der Waals surface area contributed by atoms with E-state index < -0.39 is 0 Å². The number of aromatic nitrogens is 2. The van der Waals surface area contributed by atoms with Crippen LogP contribution in [0.2, 0.25) is 0 Å². The molecule has 26 heavy (non-hydrogen) atoms. The lowest BCUT2D eigenvalue weighted by Crippen LogP contribution is -2.10. The molecule has 0 amide bonds. The summed E-state index contributed by atoms with van der Waals surface area (Å²) in [5.41, 5.74) is 10.8. The summed E-state index contributed by atoms with van der Waals surface area (Å²) in [5, 5.41) is 19.9. The zero-order chi connectivity index (χ0) is 18.7. The summed E-state index contributed by atoms with van der Waals surface area (Å²) >= 11 is 0. The van der Waals surface area contributed by atoms with E-state index in [1.807, 2.05) is 22.8 Å². The minimum atomic E-state index is 0.0782. The van der Waals surface area contributed by atoms with Crippen molar-refractivity contribution >= 4 is 0 Å². The van der Waals surface area contributed by atoms with E-state index in [9.17, 15) is 10.2 Å². The number of nitrogens with zero attached hydrogens (tertiary/aromatic N) is 2. The number of rotatable bonds is 6. The van der Waals surface area contributed by atoms with Crippen molar-refractivity contribution in [2.45, 2.75) is 26.3 Å². The van der Waals surface area contributed by atoms with Gasteiger partial charge in [0.15, 0.2) is 0 Å². The molecular weight excluding hydrogens is 326 g/mol. The normalized spacial score (nSPS) is 10.8. The summed E-state index contributed by atoms with van der Waals surface area (Å²) < 4.78 is 1.99. The van der Waals surface area contributed by atoms with Gasteiger partial charge in [0, 0.05) is 36.3 Å². The molecule has 0 unspecified atom stereocenters. The third kappa shape index (κ3) is 3.88. The van der Waals surface area contributed by atoms with E-state index in [0.717, 1.165) is 17.0 Å². The Morgan fingerprint density at radius 1 is 1.12 bits per heavy atom. The molecule has 0 atom stereocenters. The van der Waals surface area contributed by atoms with Crippen molar-refractivity contribution in [3.63, 3.8) is 0 Å². The van der Waals surface area contributed by atoms with Gasteiger partial charge >= 0.3 is 0 Å². The lowest BCUT2D eigenvalue weighted by molar-refractivity contribution is 0.441. The van der Waals surface area contributed by atoms with Crippen molar-refractivity contribution in [1.82, 2.24) is 9.55 Å². The molecular formula is C21H23N3O2. The molecule has 0 bridgehead atoms. The zero-order valence-electron chi connectivity index (χ0n) is 14.8. The highest BCUT2D eigenvalue weighted by Crippen LogP contribution is 2.28. The number of nitrogens with two attached hydrogens (primary N) is 1. The Hall–Kier alpha value is -3.21. The van der Waals surface area contributed by atoms with Crippen LogP contribution >= 0.6 is 0 Å². The van der Waals surface area contributed by atoms with Crippen molar-refractivity contribution in [1.29, 1.82) is 0 Å². The minimum absolute atomic E-state index is 0.0782. The Kier molecular flexibility index (Phi) is 4.98. The Balaban J connectivity index is 1.93. The number of phenolic OH excluding ortho intramolecular Hbond substituents is 2. The SMILES string of the molecule is C=C(N)Cc1c(Cc2ccccc2)ncn1Cc1cc(O)c(C)c(O)c1. The molecule has 0 saturated heterocycles. The average Bonchev–Trinajstić information content (AvgIpc) is 2.95. The van der Waals surface area contributed by atoms with Gasteiger partial charge < -0.3 is 20.5 Å². The molecule has 2 aromatic carbocycles. The van der Waals surface area contributed by atoms with Gasteiger partial charge in [0.2, 0.25) is 0 Å². The number of phenols is 2. The van der Waals surface area contributed by atoms with Gasteiger partial charge in [-0.25, -0.2) is 4.98 Å². The fraction of sp³-hybridized carbons (Fsp3) is 0.190. The fourth-order valence-corrected chi connectivity index (χ4v) is 2.97. The van der Waals surface area contributed by atoms with Crippen LogP contribution < -0.4 is 5.73 Å². The Morgan fingerprint density at radius 2 is 1.77 bits per heavy atom. The van der Waals surface area contributed by atoms with Crippen LogP contribution in [-0.4, -0.2) is 19.8 Å². The first-order chi connectivity index (χ1) is 12.4. The van der Waals surface area contributed by atoms with Crippen LogP contribution in [0.25, 0.3) is 0 Å². The van der Waals surface area contributed by atoms with Crippen LogP contribution in [0, 0.1) is 6.92 Å². The average molecular weight is 349 g/mol. The maximum Gasteiger partial charge on any atom is 0.122 e. The molecule has 134 valence electrons. The van der Waals surface area contributed by atoms with Crippen LogP contribution in [0.4, 0.5) is 0 Å². The Bertz CT molecular complexity index is 907. The van der Waals surface area contributed by atoms with Gasteiger partial charge in [0.25, 0.3) is 0 Å². The highest BCUT2D eigenvalue weighted by molar-refractivity contribution is 5.45. The molecule has 0 radical (unpaired) electrons. The van der Waals surface area contributed by atoms with Crippen LogP contribution in [0.15, 0.2) is 61.1 Å². The minimum Gasteiger partial charge on any atom is -0.508 e. The largest absolute Gasteiger partial charge is 0.508 e. The Morgan fingerprint density at radius 3 is 2.38 bits per heavy atom. The smallest absolute Gasteiger partial charge is 0.122 e. The number of aromatic hydroxyl groups is 2. The highest BCUT2D eigenvalue weighted by Gasteiger charge is 2.14. The molecule has 0 aliphatic carbocycles. The maximum absolute atomic E-state index is 9.95. The summed E-state index contributed by atoms with van der Waals surface area (Å²) in [7, 11) is 0. The van der Waals surface area contributed by atoms with Crippen LogP contribution in [0.1, 0.15) is 28.1 Å². The summed E-state index contributed by atoms with van der Waals surface area (Å²) in [5.74, 6) is 0.156. The first-order valence-corrected chi connectivity index (χ1v) is 8.45. The van der Waals surface area contributed by atoms with Gasteiger partial charge in [-0.05, 0) is 30.2 Å². The zero-order valence-corrected chi connectivity index (χ0v) is 14.8. The molecule has 3 aromatic rings. The first kappa shape index (κ1) is 17.6. The van der Waals surface area contributed by atoms with E-state index >= 15 is 0 Å². The molecule has 5 heteroatoms. The molecule has 5 nitrogen and oxygen atoms in total. The third-order valence-corrected chi connectivity index (χ3v) is 4.41. The molecule has 1 heterocycles. The molecule has 0 fully saturated rings. The van der Waals surface area contributed by atoms with Crippen molar-refractivity contribution < 1.29 is 10.2 Å². The van der Waals surface area contributed by atoms with E-state index in [0.29, 0.717) is 30.6 Å². The van der Waals surface area contributed by atoms with Crippen molar-refractivity contribution in [3.8, 4) is 11.5 Å². The standard InChI is InChI=1S/C21H23N3O2/c1-14(22)8-19-18(9-16-6-4-3-5-7-16)23-13-24(19)12-17-10-20(25)15(2)21(26)11-17/h3-7,10-11,13,25-26H,1,8-9,12,22H2,2H3. The monoisotopic (exact) mass is 349 g/mol. The van der Waals surface area contributed by atoms with Crippen molar-refractivity contribution in [2.75, 3.05) is 0 Å². The van der Waals surface area contributed by atoms with Gasteiger partial charge in [-0.3, -0.25) is 0 Å². The van der Waals surface area contributed by atoms with Gasteiger partial charge in [-0.2, -0.15) is 0 Å². The van der Waals surface area contributed by atoms with Gasteiger partial charge in [-0.1, -0.05) is 36.9 Å². The number of benzene rings is 2. The molecule has 1 aromatic heterocycles. The van der Waals surface area contributed by atoms with Crippen LogP contribution in [0.3, 0.4) is 0 Å². The number of allylic oxidation sites excluding steroid dienone is 1. The molecule has 4 N–H and O–H groups in total. The number of hydrogen-bond donors (Lipinski definition) is 3. The number of hydrogen-bond acceptors (Lipinski definition) is 4. The molecule has 0 aliphatic heterocycles. The summed E-state index contributed by atoms with van der Waals surface area (Å²) in [6.07, 6.45) is 3.00. The lowest BCUT2D eigenvalue weighted by Gasteiger charge is -2.12. The summed E-state index contributed by atoms with van der Waals surface area (Å²) in [6.45, 7) is 5.97. The predicted octanol–water partition coefficient (Wildman–Crippen LogP) is 3.26. The van der Waals surface area contributed by atoms with Crippen molar-refractivity contribution in [2.24, 2.45) is 5.73 Å². The second-order valence-electron chi connectivity index (χ2n) is 6.52. The van der Waals surface area contributed by atoms with E-state index in [1.165, 1.54) is 5.56 Å². The predicted molar refractivity (Wildman–Crippen MR) is 102 cm³/mol. The summed E-state index contributed by atoms with van der Waals surface area (Å²) in [6, 6.07) is 13.4. The van der Waals surface area contributed by atoms with Gasteiger partial charge in [0.1, 0.15) is 11.5 Å². The van der Waals surface area contributed by atoms with Gasteiger partial charge in [-0.15, -0.1) is 0 Å². The second-order valence-corrected chi connectivity index (χ2v) is 6.52. The van der Waals surface area contributed by atoms with E-state index in [-0.39, 0.29) is 11.5 Å². The molecule has 0 aliphatic rings. The van der Waals surface area contributed by atoms with E-state index in [1.54, 1.807) is 25.4 Å². The fourth-order valence-electron chi connectivity index (χ4n) is 2.97. The van der Waals surface area contributed by atoms with E-state index in [4.69, 9.17) is 5.73 Å². The second kappa shape index (κ2) is 7.35. The third-order valence-electron chi connectivity index (χ3n) is 4.41. The first-order valence-electron chi connectivity index (χ1n) is 8.45. The highest BCUT2D eigenvalue weighted by atomic mass is 16.3. The molecule has 0 spiro atoms. The topological polar surface area (TPSA) is 84.3 Å². The van der Waals surface area contributed by atoms with Crippen LogP contribution in [-0.2, 0) is 19.4 Å². The van der Waals surface area contributed by atoms with Crippen molar-refractivity contribution in [3.05, 3.63) is 89.1 Å². The number of imidazole rings is 1. The molecule has 0 saturated carbocycles. The lowest BCUT2D eigenvalue weighted by atomic mass is 10.1. The Labute approximate surface area is 153 Å². The summed E-state index contributed by atoms with van der Waals surface area (Å²) in [4.78, 5) is 4.56.